The predicted molar refractivity (Wildman–Crippen MR) is 59.2 cm³/mol. The third kappa shape index (κ3) is 3.64. The zero-order valence-electron chi connectivity index (χ0n) is 10.2. The molecule has 5 atom stereocenters. The first-order valence-corrected chi connectivity index (χ1v) is 5.54. The van der Waals surface area contributed by atoms with Crippen LogP contribution in [0.25, 0.3) is 0 Å². The van der Waals surface area contributed by atoms with Gasteiger partial charge in [-0.25, -0.2) is 0 Å². The number of nitrogens with one attached hydrogen (secondary N) is 2. The molecule has 0 aromatic heterocycles. The molecule has 1 rings (SSSR count). The predicted octanol–water partition coefficient (Wildman–Crippen LogP) is -2.93. The summed E-state index contributed by atoms with van der Waals surface area (Å²) < 4.78 is 5.05. The molecule has 1 aliphatic rings. The number of hydrogen-bond acceptors (Lipinski definition) is 6. The molecule has 0 bridgehead atoms. The third-order valence-electron chi connectivity index (χ3n) is 2.64. The van der Waals surface area contributed by atoms with Gasteiger partial charge in [-0.3, -0.25) is 9.59 Å². The van der Waals surface area contributed by atoms with Crippen LogP contribution in [0.15, 0.2) is 0 Å². The van der Waals surface area contributed by atoms with Crippen LogP contribution in [-0.4, -0.2) is 64.3 Å². The minimum absolute atomic E-state index is 0.0442. The average Bonchev–Trinajstić information content (AvgIpc) is 2.27. The van der Waals surface area contributed by atoms with Crippen molar-refractivity contribution in [3.05, 3.63) is 0 Å². The Morgan fingerprint density at radius 2 is 1.72 bits per heavy atom. The topological polar surface area (TPSA) is 128 Å². The number of rotatable bonds is 3. The van der Waals surface area contributed by atoms with Gasteiger partial charge in [-0.15, -0.1) is 0 Å². The quantitative estimate of drug-likeness (QED) is 0.370. The van der Waals surface area contributed by atoms with Gasteiger partial charge in [0.05, 0.1) is 0 Å². The highest BCUT2D eigenvalue weighted by molar-refractivity contribution is 5.73. The summed E-state index contributed by atoms with van der Waals surface area (Å²) in [6.07, 6.45) is -5.09. The molecule has 1 heterocycles. The maximum Gasteiger partial charge on any atom is 0.217 e. The Hall–Kier alpha value is -1.22. The van der Waals surface area contributed by atoms with Crippen molar-refractivity contribution < 1.29 is 29.6 Å². The molecule has 0 aliphatic carbocycles. The molecule has 0 spiro atoms. The van der Waals surface area contributed by atoms with Crippen LogP contribution in [0.2, 0.25) is 0 Å². The smallest absolute Gasteiger partial charge is 0.217 e. The van der Waals surface area contributed by atoms with E-state index in [1.54, 1.807) is 0 Å². The second-order valence-corrected chi connectivity index (χ2v) is 4.21. The molecule has 0 aromatic rings. The summed E-state index contributed by atoms with van der Waals surface area (Å²) in [4.78, 5) is 21.6. The lowest BCUT2D eigenvalue weighted by atomic mass is 9.96. The van der Waals surface area contributed by atoms with Crippen molar-refractivity contribution in [1.82, 2.24) is 10.6 Å². The first-order valence-electron chi connectivity index (χ1n) is 5.54. The Balaban J connectivity index is 2.64. The lowest BCUT2D eigenvalue weighted by Crippen LogP contribution is -2.64. The van der Waals surface area contributed by atoms with E-state index in [9.17, 15) is 24.9 Å². The van der Waals surface area contributed by atoms with Crippen molar-refractivity contribution in [1.29, 1.82) is 0 Å². The van der Waals surface area contributed by atoms with Crippen molar-refractivity contribution >= 4 is 11.8 Å². The number of carbonyl (C=O) groups is 2. The Morgan fingerprint density at radius 3 is 2.22 bits per heavy atom. The minimum Gasteiger partial charge on any atom is -0.388 e. The monoisotopic (exact) mass is 262 g/mol. The summed E-state index contributed by atoms with van der Waals surface area (Å²) >= 11 is 0. The van der Waals surface area contributed by atoms with Crippen molar-refractivity contribution in [2.45, 2.75) is 44.5 Å². The van der Waals surface area contributed by atoms with E-state index < -0.39 is 36.6 Å². The maximum absolute atomic E-state index is 10.9. The number of aliphatic hydroxyl groups excluding tert-OH is 3. The fourth-order valence-corrected chi connectivity index (χ4v) is 1.75. The molecule has 8 nitrogen and oxygen atoms in total. The second kappa shape index (κ2) is 6.10. The van der Waals surface area contributed by atoms with E-state index in [1.165, 1.54) is 13.8 Å². The van der Waals surface area contributed by atoms with Gasteiger partial charge >= 0.3 is 0 Å². The van der Waals surface area contributed by atoms with E-state index in [-0.39, 0.29) is 12.5 Å². The molecule has 18 heavy (non-hydrogen) atoms. The lowest BCUT2D eigenvalue weighted by Gasteiger charge is -2.40. The van der Waals surface area contributed by atoms with E-state index in [1.807, 2.05) is 0 Å². The molecule has 5 unspecified atom stereocenters. The van der Waals surface area contributed by atoms with Crippen LogP contribution >= 0.6 is 0 Å². The molecule has 5 N–H and O–H groups in total. The van der Waals surface area contributed by atoms with Crippen molar-refractivity contribution in [2.24, 2.45) is 0 Å². The van der Waals surface area contributed by atoms with Gasteiger partial charge in [0.25, 0.3) is 0 Å². The second-order valence-electron chi connectivity index (χ2n) is 4.21. The largest absolute Gasteiger partial charge is 0.388 e. The van der Waals surface area contributed by atoms with E-state index in [2.05, 4.69) is 10.6 Å². The Labute approximate surface area is 104 Å². The number of aliphatic hydroxyl groups is 3. The molecular formula is C10H18N2O6. The SMILES string of the molecule is CC(=O)NCC1OC(O)C(NC(C)=O)C(O)C1O. The Kier molecular flexibility index (Phi) is 5.03. The van der Waals surface area contributed by atoms with Crippen molar-refractivity contribution in [2.75, 3.05) is 6.54 Å². The fourth-order valence-electron chi connectivity index (χ4n) is 1.75. The summed E-state index contributed by atoms with van der Waals surface area (Å²) in [5.74, 6) is -0.784. The molecule has 0 saturated carbocycles. The number of carbonyl (C=O) groups excluding carboxylic acids is 2. The standard InChI is InChI=1S/C10H18N2O6/c1-4(13)11-3-6-8(15)9(16)7(10(17)18-6)12-5(2)14/h6-10,15-17H,3H2,1-2H3,(H,11,13)(H,12,14). The first kappa shape index (κ1) is 14.8. The van der Waals surface area contributed by atoms with Crippen LogP contribution < -0.4 is 10.6 Å². The van der Waals surface area contributed by atoms with E-state index in [4.69, 9.17) is 4.74 Å². The molecule has 0 aromatic carbocycles. The molecule has 1 aliphatic heterocycles. The van der Waals surface area contributed by atoms with Gasteiger partial charge in [0.2, 0.25) is 11.8 Å². The van der Waals surface area contributed by atoms with Gasteiger partial charge in [-0.1, -0.05) is 0 Å². The van der Waals surface area contributed by atoms with Gasteiger partial charge < -0.3 is 30.7 Å². The van der Waals surface area contributed by atoms with Gasteiger partial charge in [0.15, 0.2) is 6.29 Å². The average molecular weight is 262 g/mol. The van der Waals surface area contributed by atoms with Crippen LogP contribution in [0, 0.1) is 0 Å². The number of ether oxygens (including phenoxy) is 1. The van der Waals surface area contributed by atoms with Crippen LogP contribution in [0.4, 0.5) is 0 Å². The van der Waals surface area contributed by atoms with Crippen molar-refractivity contribution in [3.63, 3.8) is 0 Å². The van der Waals surface area contributed by atoms with Gasteiger partial charge in [0.1, 0.15) is 24.4 Å². The van der Waals surface area contributed by atoms with E-state index >= 15 is 0 Å². The van der Waals surface area contributed by atoms with Crippen LogP contribution in [0.1, 0.15) is 13.8 Å². The normalized spacial score (nSPS) is 35.9. The Bertz CT molecular complexity index is 321. The molecule has 1 saturated heterocycles. The number of hydrogen-bond donors (Lipinski definition) is 5. The maximum atomic E-state index is 10.9. The molecule has 1 fully saturated rings. The first-order chi connectivity index (χ1) is 8.32. The highest BCUT2D eigenvalue weighted by Crippen LogP contribution is 2.19. The molecular weight excluding hydrogens is 244 g/mol. The van der Waals surface area contributed by atoms with E-state index in [0.717, 1.165) is 0 Å². The zero-order valence-corrected chi connectivity index (χ0v) is 10.2. The summed E-state index contributed by atoms with van der Waals surface area (Å²) in [7, 11) is 0. The van der Waals surface area contributed by atoms with E-state index in [0.29, 0.717) is 0 Å². The van der Waals surface area contributed by atoms with Crippen LogP contribution in [-0.2, 0) is 14.3 Å². The van der Waals surface area contributed by atoms with Crippen LogP contribution in [0.3, 0.4) is 0 Å². The molecule has 2 amide bonds. The minimum atomic E-state index is -1.45. The fraction of sp³-hybridized carbons (Fsp3) is 0.800. The summed E-state index contributed by atoms with van der Waals surface area (Å²) in [5.41, 5.74) is 0. The zero-order chi connectivity index (χ0) is 13.9. The number of amides is 2. The van der Waals surface area contributed by atoms with Gasteiger partial charge in [0, 0.05) is 20.4 Å². The third-order valence-corrected chi connectivity index (χ3v) is 2.64. The van der Waals surface area contributed by atoms with Gasteiger partial charge in [-0.05, 0) is 0 Å². The molecule has 0 radical (unpaired) electrons. The molecule has 104 valence electrons. The molecule has 8 heteroatoms. The lowest BCUT2D eigenvalue weighted by molar-refractivity contribution is -0.245. The summed E-state index contributed by atoms with van der Waals surface area (Å²) in [5, 5.41) is 33.9. The Morgan fingerprint density at radius 1 is 1.11 bits per heavy atom. The van der Waals surface area contributed by atoms with Crippen LogP contribution in [0.5, 0.6) is 0 Å². The highest BCUT2D eigenvalue weighted by atomic mass is 16.6. The summed E-state index contributed by atoms with van der Waals surface area (Å²) in [6.45, 7) is 2.47. The van der Waals surface area contributed by atoms with Crippen molar-refractivity contribution in [3.8, 4) is 0 Å². The van der Waals surface area contributed by atoms with Gasteiger partial charge in [-0.2, -0.15) is 0 Å². The summed E-state index contributed by atoms with van der Waals surface area (Å²) in [6, 6.07) is -1.11. The highest BCUT2D eigenvalue weighted by Gasteiger charge is 2.44.